The molecule has 3 saturated carbocycles. The minimum absolute atomic E-state index is 0.138. The second-order valence-electron chi connectivity index (χ2n) is 9.15. The average Bonchev–Trinajstić information content (AvgIpc) is 3.16. The molecule has 0 heterocycles. The highest BCUT2D eigenvalue weighted by molar-refractivity contribution is 5.83. The van der Waals surface area contributed by atoms with Crippen LogP contribution >= 0.6 is 0 Å². The topological polar surface area (TPSA) is 69.6 Å². The van der Waals surface area contributed by atoms with Crippen molar-refractivity contribution in [1.29, 1.82) is 0 Å². The fourth-order valence-electron chi connectivity index (χ4n) is 4.85. The largest absolute Gasteiger partial charge is 0.480 e. The predicted molar refractivity (Wildman–Crippen MR) is 97.2 cm³/mol. The molecule has 0 aromatic heterocycles. The number of nitrogens with one attached hydrogen (secondary N) is 1. The number of carboxylic acid groups (broad SMARTS) is 1. The lowest BCUT2D eigenvalue weighted by atomic mass is 9.76. The lowest BCUT2D eigenvalue weighted by molar-refractivity contribution is -0.140. The summed E-state index contributed by atoms with van der Waals surface area (Å²) in [6, 6.07) is 0.560. The highest BCUT2D eigenvalue weighted by Gasteiger charge is 2.44. The molecule has 3 aliphatic rings. The van der Waals surface area contributed by atoms with Crippen LogP contribution in [0.4, 0.5) is 0 Å². The molecule has 25 heavy (non-hydrogen) atoms. The highest BCUT2D eigenvalue weighted by Crippen LogP contribution is 2.44. The molecule has 142 valence electrons. The van der Waals surface area contributed by atoms with Crippen LogP contribution in [-0.2, 0) is 9.59 Å². The fraction of sp³-hybridized carbons (Fsp3) is 0.900. The van der Waals surface area contributed by atoms with Gasteiger partial charge in [-0.3, -0.25) is 14.5 Å². The summed E-state index contributed by atoms with van der Waals surface area (Å²) in [5.74, 6) is 0.757. The lowest BCUT2D eigenvalue weighted by Gasteiger charge is -2.44. The van der Waals surface area contributed by atoms with Gasteiger partial charge in [-0.25, -0.2) is 0 Å². The first-order valence-electron chi connectivity index (χ1n) is 10.1. The molecule has 0 bridgehead atoms. The second kappa shape index (κ2) is 7.65. The predicted octanol–water partition coefficient (Wildman–Crippen LogP) is 3.04. The number of amides is 1. The van der Waals surface area contributed by atoms with Gasteiger partial charge in [-0.15, -0.1) is 0 Å². The van der Waals surface area contributed by atoms with E-state index in [-0.39, 0.29) is 23.9 Å². The molecule has 0 spiro atoms. The van der Waals surface area contributed by atoms with Gasteiger partial charge < -0.3 is 10.4 Å². The van der Waals surface area contributed by atoms with Crippen LogP contribution < -0.4 is 5.32 Å². The molecule has 3 fully saturated rings. The van der Waals surface area contributed by atoms with Gasteiger partial charge in [0.2, 0.25) is 5.91 Å². The molecule has 0 saturated heterocycles. The van der Waals surface area contributed by atoms with Gasteiger partial charge in [-0.2, -0.15) is 0 Å². The van der Waals surface area contributed by atoms with E-state index in [1.54, 1.807) is 0 Å². The summed E-state index contributed by atoms with van der Waals surface area (Å²) in [5.41, 5.74) is -0.145. The van der Waals surface area contributed by atoms with Crippen LogP contribution in [0.3, 0.4) is 0 Å². The van der Waals surface area contributed by atoms with E-state index in [4.69, 9.17) is 5.11 Å². The third-order valence-corrected chi connectivity index (χ3v) is 6.33. The van der Waals surface area contributed by atoms with E-state index in [1.165, 1.54) is 25.7 Å². The van der Waals surface area contributed by atoms with Crippen molar-refractivity contribution >= 4 is 11.9 Å². The molecular weight excluding hydrogens is 316 g/mol. The standard InChI is InChI=1S/C20H34N2O3/c1-14(2)11-20(7-3-4-8-20)19(25)21-16-9-17(10-16)22(13-18(23)24)12-15-5-6-15/h14-17H,3-13H2,1-2H3,(H,21,25)(H,23,24). The van der Waals surface area contributed by atoms with Crippen molar-refractivity contribution in [3.63, 3.8) is 0 Å². The first kappa shape index (κ1) is 18.7. The summed E-state index contributed by atoms with van der Waals surface area (Å²) in [7, 11) is 0. The van der Waals surface area contributed by atoms with E-state index >= 15 is 0 Å². The Hall–Kier alpha value is -1.10. The van der Waals surface area contributed by atoms with Gasteiger partial charge in [-0.1, -0.05) is 26.7 Å². The zero-order chi connectivity index (χ0) is 18.0. The summed E-state index contributed by atoms with van der Waals surface area (Å²) >= 11 is 0. The molecule has 0 aliphatic heterocycles. The SMILES string of the molecule is CC(C)CC1(C(=O)NC2CC(N(CC(=O)O)CC3CC3)C2)CCCC1. The van der Waals surface area contributed by atoms with Gasteiger partial charge in [0.15, 0.2) is 0 Å². The smallest absolute Gasteiger partial charge is 0.317 e. The van der Waals surface area contributed by atoms with Crippen LogP contribution in [-0.4, -0.2) is 47.1 Å². The molecule has 1 amide bonds. The molecule has 5 nitrogen and oxygen atoms in total. The molecule has 0 radical (unpaired) electrons. The summed E-state index contributed by atoms with van der Waals surface area (Å²) in [6.07, 6.45) is 9.67. The molecule has 3 rings (SSSR count). The van der Waals surface area contributed by atoms with E-state index in [1.807, 2.05) is 0 Å². The van der Waals surface area contributed by atoms with Gasteiger partial charge in [-0.05, 0) is 56.8 Å². The molecule has 0 unspecified atom stereocenters. The number of carboxylic acids is 1. The van der Waals surface area contributed by atoms with Crippen molar-refractivity contribution in [2.45, 2.75) is 83.7 Å². The fourth-order valence-corrected chi connectivity index (χ4v) is 4.85. The number of hydrogen-bond acceptors (Lipinski definition) is 3. The van der Waals surface area contributed by atoms with Crippen molar-refractivity contribution in [3.05, 3.63) is 0 Å². The summed E-state index contributed by atoms with van der Waals surface area (Å²) in [5, 5.41) is 12.4. The van der Waals surface area contributed by atoms with Crippen LogP contribution in [0.2, 0.25) is 0 Å². The van der Waals surface area contributed by atoms with Crippen molar-refractivity contribution in [2.75, 3.05) is 13.1 Å². The number of carbonyl (C=O) groups is 2. The monoisotopic (exact) mass is 350 g/mol. The summed E-state index contributed by atoms with van der Waals surface area (Å²) in [4.78, 5) is 26.2. The van der Waals surface area contributed by atoms with Crippen LogP contribution in [0.5, 0.6) is 0 Å². The van der Waals surface area contributed by atoms with Gasteiger partial charge in [0, 0.05) is 24.0 Å². The Balaban J connectivity index is 1.49. The van der Waals surface area contributed by atoms with Crippen molar-refractivity contribution in [2.24, 2.45) is 17.3 Å². The maximum atomic E-state index is 12.9. The molecule has 5 heteroatoms. The molecule has 3 aliphatic carbocycles. The Kier molecular flexibility index (Phi) is 5.71. The van der Waals surface area contributed by atoms with Crippen LogP contribution in [0.1, 0.15) is 71.6 Å². The quantitative estimate of drug-likeness (QED) is 0.670. The maximum Gasteiger partial charge on any atom is 0.317 e. The lowest BCUT2D eigenvalue weighted by Crippen LogP contribution is -2.57. The van der Waals surface area contributed by atoms with Crippen LogP contribution in [0.25, 0.3) is 0 Å². The zero-order valence-corrected chi connectivity index (χ0v) is 15.8. The van der Waals surface area contributed by atoms with E-state index in [0.717, 1.165) is 38.6 Å². The van der Waals surface area contributed by atoms with Crippen LogP contribution in [0.15, 0.2) is 0 Å². The third kappa shape index (κ3) is 4.75. The maximum absolute atomic E-state index is 12.9. The first-order chi connectivity index (χ1) is 11.9. The molecular formula is C20H34N2O3. The Bertz CT molecular complexity index is 489. The Morgan fingerprint density at radius 2 is 1.84 bits per heavy atom. The summed E-state index contributed by atoms with van der Waals surface area (Å²) in [6.45, 7) is 5.46. The van der Waals surface area contributed by atoms with Gasteiger partial charge >= 0.3 is 5.97 Å². The Labute approximate surface area is 151 Å². The number of hydrogen-bond donors (Lipinski definition) is 2. The van der Waals surface area contributed by atoms with Crippen molar-refractivity contribution in [3.8, 4) is 0 Å². The Morgan fingerprint density at radius 1 is 1.20 bits per heavy atom. The van der Waals surface area contributed by atoms with E-state index in [9.17, 15) is 9.59 Å². The number of aliphatic carboxylic acids is 1. The third-order valence-electron chi connectivity index (χ3n) is 6.33. The van der Waals surface area contributed by atoms with Gasteiger partial charge in [0.05, 0.1) is 6.54 Å². The Morgan fingerprint density at radius 3 is 2.36 bits per heavy atom. The van der Waals surface area contributed by atoms with Crippen LogP contribution in [0, 0.1) is 17.3 Å². The normalized spacial score (nSPS) is 28.2. The highest BCUT2D eigenvalue weighted by atomic mass is 16.4. The van der Waals surface area contributed by atoms with Gasteiger partial charge in [0.1, 0.15) is 0 Å². The number of rotatable bonds is 9. The van der Waals surface area contributed by atoms with Gasteiger partial charge in [0.25, 0.3) is 0 Å². The minimum atomic E-state index is -0.741. The summed E-state index contributed by atoms with van der Waals surface area (Å²) < 4.78 is 0. The van der Waals surface area contributed by atoms with E-state index < -0.39 is 5.97 Å². The molecule has 0 aromatic carbocycles. The first-order valence-corrected chi connectivity index (χ1v) is 10.1. The number of nitrogens with zero attached hydrogens (tertiary/aromatic N) is 1. The molecule has 0 aromatic rings. The zero-order valence-electron chi connectivity index (χ0n) is 15.8. The van der Waals surface area contributed by atoms with E-state index in [0.29, 0.717) is 17.9 Å². The minimum Gasteiger partial charge on any atom is -0.480 e. The average molecular weight is 351 g/mol. The molecule has 0 atom stereocenters. The van der Waals surface area contributed by atoms with Crippen molar-refractivity contribution < 1.29 is 14.7 Å². The second-order valence-corrected chi connectivity index (χ2v) is 9.15. The van der Waals surface area contributed by atoms with E-state index in [2.05, 4.69) is 24.1 Å². The molecule has 2 N–H and O–H groups in total. The number of carbonyl (C=O) groups excluding carboxylic acids is 1. The van der Waals surface area contributed by atoms with Crippen molar-refractivity contribution in [1.82, 2.24) is 10.2 Å².